The summed E-state index contributed by atoms with van der Waals surface area (Å²) >= 11 is 1.49. The van der Waals surface area contributed by atoms with Gasteiger partial charge in [-0.2, -0.15) is 0 Å². The van der Waals surface area contributed by atoms with Gasteiger partial charge in [0.15, 0.2) is 0 Å². The molecular weight excluding hydrogens is 220 g/mol. The van der Waals surface area contributed by atoms with E-state index in [2.05, 4.69) is 0 Å². The van der Waals surface area contributed by atoms with Gasteiger partial charge in [-0.1, -0.05) is 6.07 Å². The van der Waals surface area contributed by atoms with Gasteiger partial charge in [-0.15, -0.1) is 11.3 Å². The molecule has 0 saturated carbocycles. The number of hydrogen-bond donors (Lipinski definition) is 1. The fourth-order valence-electron chi connectivity index (χ4n) is 0.802. The van der Waals surface area contributed by atoms with Gasteiger partial charge in [-0.3, -0.25) is 9.00 Å². The Labute approximate surface area is 89.2 Å². The Bertz CT molecular complexity index is 341. The molecule has 0 amide bonds. The van der Waals surface area contributed by atoms with Crippen LogP contribution in [-0.2, 0) is 21.3 Å². The van der Waals surface area contributed by atoms with Crippen LogP contribution in [0.4, 0.5) is 0 Å². The van der Waals surface area contributed by atoms with Crippen molar-refractivity contribution in [2.24, 2.45) is 0 Å². The molecule has 1 unspecified atom stereocenters. The summed E-state index contributed by atoms with van der Waals surface area (Å²) in [5.74, 6) is -0.705. The number of aliphatic carboxylic acids is 1. The highest BCUT2D eigenvalue weighted by molar-refractivity contribution is 7.86. The molecular formula is C9H12O3S2. The average Bonchev–Trinajstić information content (AvgIpc) is 2.56. The van der Waals surface area contributed by atoms with Gasteiger partial charge in [0.2, 0.25) is 0 Å². The number of carboxylic acid groups (broad SMARTS) is 1. The molecule has 0 aliphatic rings. The second-order valence-electron chi connectivity index (χ2n) is 3.38. The normalized spacial score (nSPS) is 13.9. The Hall–Kier alpha value is -0.680. The predicted octanol–water partition coefficient (Wildman–Crippen LogP) is 1.86. The van der Waals surface area contributed by atoms with E-state index in [1.807, 2.05) is 17.5 Å². The zero-order valence-electron chi connectivity index (χ0n) is 8.02. The van der Waals surface area contributed by atoms with Crippen molar-refractivity contribution in [3.63, 3.8) is 0 Å². The molecule has 0 radical (unpaired) electrons. The minimum Gasteiger partial charge on any atom is -0.480 e. The van der Waals surface area contributed by atoms with Crippen molar-refractivity contribution in [2.45, 2.75) is 24.3 Å². The van der Waals surface area contributed by atoms with Crippen LogP contribution in [0, 0.1) is 0 Å². The quantitative estimate of drug-likeness (QED) is 0.862. The summed E-state index contributed by atoms with van der Waals surface area (Å²) in [5.41, 5.74) is 0. The van der Waals surface area contributed by atoms with Gasteiger partial charge in [-0.05, 0) is 25.3 Å². The fourth-order valence-corrected chi connectivity index (χ4v) is 2.79. The molecule has 0 aliphatic heterocycles. The zero-order valence-corrected chi connectivity index (χ0v) is 9.65. The molecule has 1 rings (SSSR count). The van der Waals surface area contributed by atoms with Crippen LogP contribution in [0.1, 0.15) is 18.7 Å². The molecule has 14 heavy (non-hydrogen) atoms. The molecule has 0 fully saturated rings. The lowest BCUT2D eigenvalue weighted by atomic mass is 10.2. The van der Waals surface area contributed by atoms with E-state index in [0.717, 1.165) is 4.88 Å². The SMILES string of the molecule is CC(C)(C(=O)O)S(=O)Cc1cccs1. The first-order chi connectivity index (χ1) is 6.44. The largest absolute Gasteiger partial charge is 0.480 e. The number of hydrogen-bond acceptors (Lipinski definition) is 3. The standard InChI is InChI=1S/C9H12O3S2/c1-9(2,8(10)11)14(12)6-7-4-3-5-13-7/h3-5H,6H2,1-2H3,(H,10,11). The predicted molar refractivity (Wildman–Crippen MR) is 57.9 cm³/mol. The van der Waals surface area contributed by atoms with Crippen molar-refractivity contribution in [3.05, 3.63) is 22.4 Å². The van der Waals surface area contributed by atoms with Crippen molar-refractivity contribution in [1.82, 2.24) is 0 Å². The van der Waals surface area contributed by atoms with Crippen molar-refractivity contribution in [3.8, 4) is 0 Å². The van der Waals surface area contributed by atoms with Crippen molar-refractivity contribution in [2.75, 3.05) is 0 Å². The second kappa shape index (κ2) is 4.23. The first kappa shape index (κ1) is 11.4. The maximum Gasteiger partial charge on any atom is 0.321 e. The third-order valence-electron chi connectivity index (χ3n) is 1.94. The number of carboxylic acids is 1. The van der Waals surface area contributed by atoms with Gasteiger partial charge in [0, 0.05) is 15.7 Å². The van der Waals surface area contributed by atoms with E-state index in [0.29, 0.717) is 5.75 Å². The first-order valence-corrected chi connectivity index (χ1v) is 6.28. The summed E-state index contributed by atoms with van der Waals surface area (Å²) in [7, 11) is -1.38. The summed E-state index contributed by atoms with van der Waals surface area (Å²) in [6.45, 7) is 2.97. The molecule has 5 heteroatoms. The van der Waals surface area contributed by atoms with E-state index < -0.39 is 21.5 Å². The van der Waals surface area contributed by atoms with Crippen LogP contribution in [-0.4, -0.2) is 20.0 Å². The molecule has 1 atom stereocenters. The Kier molecular flexibility index (Phi) is 3.44. The van der Waals surface area contributed by atoms with E-state index in [1.54, 1.807) is 0 Å². The van der Waals surface area contributed by atoms with Gasteiger partial charge in [0.25, 0.3) is 0 Å². The lowest BCUT2D eigenvalue weighted by Gasteiger charge is -2.17. The molecule has 0 bridgehead atoms. The van der Waals surface area contributed by atoms with Gasteiger partial charge < -0.3 is 5.11 Å². The summed E-state index contributed by atoms with van der Waals surface area (Å²) in [6, 6.07) is 3.73. The van der Waals surface area contributed by atoms with E-state index in [4.69, 9.17) is 5.11 Å². The molecule has 0 spiro atoms. The fraction of sp³-hybridized carbons (Fsp3) is 0.444. The van der Waals surface area contributed by atoms with E-state index in [1.165, 1.54) is 25.2 Å². The monoisotopic (exact) mass is 232 g/mol. The number of carbonyl (C=O) groups is 1. The molecule has 78 valence electrons. The lowest BCUT2D eigenvalue weighted by molar-refractivity contribution is -0.139. The Morgan fingerprint density at radius 3 is 2.71 bits per heavy atom. The molecule has 1 aromatic rings. The van der Waals surface area contributed by atoms with Crippen LogP contribution in [0.15, 0.2) is 17.5 Å². The van der Waals surface area contributed by atoms with Gasteiger partial charge >= 0.3 is 5.97 Å². The molecule has 3 nitrogen and oxygen atoms in total. The molecule has 1 heterocycles. The topological polar surface area (TPSA) is 54.4 Å². The van der Waals surface area contributed by atoms with Crippen LogP contribution in [0.2, 0.25) is 0 Å². The molecule has 1 N–H and O–H groups in total. The Morgan fingerprint density at radius 2 is 2.29 bits per heavy atom. The summed E-state index contributed by atoms with van der Waals surface area (Å²) in [6.07, 6.45) is 0. The van der Waals surface area contributed by atoms with E-state index in [-0.39, 0.29) is 0 Å². The average molecular weight is 232 g/mol. The zero-order chi connectivity index (χ0) is 10.8. The van der Waals surface area contributed by atoms with Gasteiger partial charge in [0.05, 0.1) is 5.75 Å². The lowest BCUT2D eigenvalue weighted by Crippen LogP contribution is -2.36. The Morgan fingerprint density at radius 1 is 1.64 bits per heavy atom. The Balaban J connectivity index is 2.72. The highest BCUT2D eigenvalue weighted by Crippen LogP contribution is 2.19. The molecule has 0 saturated heterocycles. The van der Waals surface area contributed by atoms with Crippen molar-refractivity contribution < 1.29 is 14.1 Å². The van der Waals surface area contributed by atoms with E-state index >= 15 is 0 Å². The maximum absolute atomic E-state index is 11.7. The smallest absolute Gasteiger partial charge is 0.321 e. The number of thiophene rings is 1. The molecule has 1 aromatic heterocycles. The number of rotatable bonds is 4. The van der Waals surface area contributed by atoms with Crippen molar-refractivity contribution >= 4 is 28.1 Å². The van der Waals surface area contributed by atoms with Crippen LogP contribution < -0.4 is 0 Å². The first-order valence-electron chi connectivity index (χ1n) is 4.09. The summed E-state index contributed by atoms with van der Waals surface area (Å²) in [5, 5.41) is 10.7. The molecule has 0 aromatic carbocycles. The van der Waals surface area contributed by atoms with Crippen LogP contribution in [0.5, 0.6) is 0 Å². The third kappa shape index (κ3) is 2.42. The van der Waals surface area contributed by atoms with Crippen LogP contribution in [0.3, 0.4) is 0 Å². The molecule has 0 aliphatic carbocycles. The highest BCUT2D eigenvalue weighted by Gasteiger charge is 2.34. The summed E-state index contributed by atoms with van der Waals surface area (Å²) < 4.78 is 10.5. The van der Waals surface area contributed by atoms with Crippen LogP contribution in [0.25, 0.3) is 0 Å². The second-order valence-corrected chi connectivity index (χ2v) is 6.42. The maximum atomic E-state index is 11.7. The van der Waals surface area contributed by atoms with Crippen LogP contribution >= 0.6 is 11.3 Å². The minimum absolute atomic E-state index is 0.316. The summed E-state index contributed by atoms with van der Waals surface area (Å²) in [4.78, 5) is 11.8. The van der Waals surface area contributed by atoms with Gasteiger partial charge in [-0.25, -0.2) is 0 Å². The van der Waals surface area contributed by atoms with Crippen molar-refractivity contribution in [1.29, 1.82) is 0 Å². The van der Waals surface area contributed by atoms with Gasteiger partial charge in [0.1, 0.15) is 4.75 Å². The van der Waals surface area contributed by atoms with E-state index in [9.17, 15) is 9.00 Å². The minimum atomic E-state index is -1.38. The highest BCUT2D eigenvalue weighted by atomic mass is 32.2. The third-order valence-corrected chi connectivity index (χ3v) is 4.88.